The van der Waals surface area contributed by atoms with Crippen LogP contribution in [0.25, 0.3) is 0 Å². The molecular formula is C17H36O2. The van der Waals surface area contributed by atoms with Crippen LogP contribution in [0.15, 0.2) is 0 Å². The first kappa shape index (κ1) is 18.9. The lowest BCUT2D eigenvalue weighted by atomic mass is 10.0. The van der Waals surface area contributed by atoms with Crippen molar-refractivity contribution in [1.82, 2.24) is 0 Å². The largest absolute Gasteiger partial charge is 0.393 e. The Labute approximate surface area is 120 Å². The molecule has 0 aliphatic heterocycles. The van der Waals surface area contributed by atoms with Crippen molar-refractivity contribution in [1.29, 1.82) is 0 Å². The fourth-order valence-corrected chi connectivity index (χ4v) is 2.49. The molecule has 116 valence electrons. The minimum Gasteiger partial charge on any atom is -0.393 e. The highest BCUT2D eigenvalue weighted by atomic mass is 16.3. The molecule has 0 saturated heterocycles. The van der Waals surface area contributed by atoms with Gasteiger partial charge in [-0.15, -0.1) is 0 Å². The van der Waals surface area contributed by atoms with Gasteiger partial charge in [0, 0.05) is 0 Å². The lowest BCUT2D eigenvalue weighted by Gasteiger charge is -2.11. The van der Waals surface area contributed by atoms with Crippen molar-refractivity contribution in [2.24, 2.45) is 0 Å². The second-order valence-corrected chi connectivity index (χ2v) is 5.94. The molecule has 2 nitrogen and oxygen atoms in total. The van der Waals surface area contributed by atoms with Gasteiger partial charge in [-0.2, -0.15) is 0 Å². The van der Waals surface area contributed by atoms with Crippen molar-refractivity contribution in [2.45, 2.75) is 110 Å². The number of unbranched alkanes of at least 4 members (excludes halogenated alkanes) is 6. The molecule has 0 aliphatic rings. The summed E-state index contributed by atoms with van der Waals surface area (Å²) in [5, 5.41) is 19.6. The van der Waals surface area contributed by atoms with Crippen LogP contribution >= 0.6 is 0 Å². The monoisotopic (exact) mass is 272 g/mol. The van der Waals surface area contributed by atoms with Gasteiger partial charge in [-0.1, -0.05) is 71.6 Å². The van der Waals surface area contributed by atoms with E-state index in [-0.39, 0.29) is 12.2 Å². The first-order valence-corrected chi connectivity index (χ1v) is 8.56. The van der Waals surface area contributed by atoms with Crippen LogP contribution in [0.1, 0.15) is 97.3 Å². The van der Waals surface area contributed by atoms with Gasteiger partial charge in [0.15, 0.2) is 0 Å². The summed E-state index contributed by atoms with van der Waals surface area (Å²) in [6.45, 7) is 4.39. The average molecular weight is 272 g/mol. The molecule has 0 radical (unpaired) electrons. The summed E-state index contributed by atoms with van der Waals surface area (Å²) in [7, 11) is 0. The van der Waals surface area contributed by atoms with Crippen LogP contribution < -0.4 is 0 Å². The van der Waals surface area contributed by atoms with Gasteiger partial charge in [0.1, 0.15) is 0 Å². The van der Waals surface area contributed by atoms with E-state index < -0.39 is 0 Å². The third-order valence-corrected chi connectivity index (χ3v) is 3.86. The maximum absolute atomic E-state index is 9.78. The maximum atomic E-state index is 9.78. The lowest BCUT2D eigenvalue weighted by Crippen LogP contribution is -2.07. The third kappa shape index (κ3) is 14.1. The van der Waals surface area contributed by atoms with Crippen LogP contribution in [0, 0.1) is 0 Å². The summed E-state index contributed by atoms with van der Waals surface area (Å²) in [6, 6.07) is 0. The smallest absolute Gasteiger partial charge is 0.0540 e. The van der Waals surface area contributed by atoms with Crippen LogP contribution in [0.2, 0.25) is 0 Å². The quantitative estimate of drug-likeness (QED) is 0.445. The van der Waals surface area contributed by atoms with Crippen LogP contribution in [0.4, 0.5) is 0 Å². The fourth-order valence-electron chi connectivity index (χ4n) is 2.49. The molecule has 2 N–H and O–H groups in total. The summed E-state index contributed by atoms with van der Waals surface area (Å²) in [6.07, 6.45) is 14.2. The van der Waals surface area contributed by atoms with Crippen LogP contribution in [-0.2, 0) is 0 Å². The molecule has 0 heterocycles. The SMILES string of the molecule is CCCCC[C@@H](O)CCCCC[C@@H](O)CCCCC. The zero-order valence-electron chi connectivity index (χ0n) is 13.2. The van der Waals surface area contributed by atoms with E-state index in [1.54, 1.807) is 0 Å². The molecule has 2 heteroatoms. The fraction of sp³-hybridized carbons (Fsp3) is 1.00. The van der Waals surface area contributed by atoms with E-state index in [9.17, 15) is 10.2 Å². The van der Waals surface area contributed by atoms with Gasteiger partial charge in [-0.05, 0) is 25.7 Å². The summed E-state index contributed by atoms with van der Waals surface area (Å²) < 4.78 is 0. The number of aliphatic hydroxyl groups is 2. The average Bonchev–Trinajstić information content (AvgIpc) is 2.39. The number of aliphatic hydroxyl groups excluding tert-OH is 2. The van der Waals surface area contributed by atoms with Crippen molar-refractivity contribution < 1.29 is 10.2 Å². The molecular weight excluding hydrogens is 236 g/mol. The summed E-state index contributed by atoms with van der Waals surface area (Å²) in [4.78, 5) is 0. The first-order valence-electron chi connectivity index (χ1n) is 8.56. The Kier molecular flexibility index (Phi) is 14.3. The molecule has 0 aromatic rings. The number of rotatable bonds is 14. The lowest BCUT2D eigenvalue weighted by molar-refractivity contribution is 0.139. The zero-order valence-corrected chi connectivity index (χ0v) is 13.2. The van der Waals surface area contributed by atoms with Gasteiger partial charge in [-0.3, -0.25) is 0 Å². The molecule has 0 amide bonds. The number of hydrogen-bond acceptors (Lipinski definition) is 2. The van der Waals surface area contributed by atoms with Crippen molar-refractivity contribution in [2.75, 3.05) is 0 Å². The van der Waals surface area contributed by atoms with Crippen LogP contribution in [-0.4, -0.2) is 22.4 Å². The molecule has 19 heavy (non-hydrogen) atoms. The van der Waals surface area contributed by atoms with Crippen molar-refractivity contribution in [3.05, 3.63) is 0 Å². The van der Waals surface area contributed by atoms with Crippen LogP contribution in [0.3, 0.4) is 0 Å². The highest BCUT2D eigenvalue weighted by Crippen LogP contribution is 2.14. The number of hydrogen-bond donors (Lipinski definition) is 2. The third-order valence-electron chi connectivity index (χ3n) is 3.86. The van der Waals surface area contributed by atoms with E-state index in [0.717, 1.165) is 57.8 Å². The van der Waals surface area contributed by atoms with E-state index in [2.05, 4.69) is 13.8 Å². The second kappa shape index (κ2) is 14.3. The maximum Gasteiger partial charge on any atom is 0.0540 e. The molecule has 2 atom stereocenters. The van der Waals surface area contributed by atoms with E-state index in [1.165, 1.54) is 25.7 Å². The Morgan fingerprint density at radius 1 is 0.526 bits per heavy atom. The minimum atomic E-state index is -0.0963. The first-order chi connectivity index (χ1) is 9.20. The van der Waals surface area contributed by atoms with Gasteiger partial charge in [0.25, 0.3) is 0 Å². The van der Waals surface area contributed by atoms with Gasteiger partial charge in [-0.25, -0.2) is 0 Å². The Bertz CT molecular complexity index is 153. The normalized spacial score (nSPS) is 14.5. The van der Waals surface area contributed by atoms with E-state index in [4.69, 9.17) is 0 Å². The molecule has 0 aromatic carbocycles. The Morgan fingerprint density at radius 2 is 0.842 bits per heavy atom. The Balaban J connectivity index is 3.24. The topological polar surface area (TPSA) is 40.5 Å². The molecule has 0 rings (SSSR count). The van der Waals surface area contributed by atoms with E-state index >= 15 is 0 Å². The van der Waals surface area contributed by atoms with Gasteiger partial charge >= 0.3 is 0 Å². The summed E-state index contributed by atoms with van der Waals surface area (Å²) in [5.74, 6) is 0. The molecule has 0 saturated carbocycles. The highest BCUT2D eigenvalue weighted by molar-refractivity contribution is 4.59. The second-order valence-electron chi connectivity index (χ2n) is 5.94. The van der Waals surface area contributed by atoms with Crippen molar-refractivity contribution in [3.63, 3.8) is 0 Å². The summed E-state index contributed by atoms with van der Waals surface area (Å²) >= 11 is 0. The predicted molar refractivity (Wildman–Crippen MR) is 83.4 cm³/mol. The Hall–Kier alpha value is -0.0800. The molecule has 0 fully saturated rings. The standard InChI is InChI=1S/C17H36O2/c1-3-5-8-12-16(18)14-10-7-11-15-17(19)13-9-6-4-2/h16-19H,3-15H2,1-2H3/t16-,17+. The summed E-state index contributed by atoms with van der Waals surface area (Å²) in [5.41, 5.74) is 0. The molecule has 0 bridgehead atoms. The predicted octanol–water partition coefficient (Wildman–Crippen LogP) is 4.82. The van der Waals surface area contributed by atoms with Crippen LogP contribution in [0.5, 0.6) is 0 Å². The van der Waals surface area contributed by atoms with Crippen molar-refractivity contribution in [3.8, 4) is 0 Å². The van der Waals surface area contributed by atoms with Gasteiger partial charge < -0.3 is 10.2 Å². The van der Waals surface area contributed by atoms with E-state index in [0.29, 0.717) is 0 Å². The minimum absolute atomic E-state index is 0.0963. The zero-order chi connectivity index (χ0) is 14.3. The highest BCUT2D eigenvalue weighted by Gasteiger charge is 2.05. The Morgan fingerprint density at radius 3 is 1.16 bits per heavy atom. The molecule has 0 aliphatic carbocycles. The molecule has 0 spiro atoms. The van der Waals surface area contributed by atoms with Gasteiger partial charge in [0.05, 0.1) is 12.2 Å². The molecule has 0 unspecified atom stereocenters. The molecule has 0 aromatic heterocycles. The van der Waals surface area contributed by atoms with Gasteiger partial charge in [0.2, 0.25) is 0 Å². The van der Waals surface area contributed by atoms with Crippen molar-refractivity contribution >= 4 is 0 Å². The van der Waals surface area contributed by atoms with E-state index in [1.807, 2.05) is 0 Å².